The quantitative estimate of drug-likeness (QED) is 0.707. The number of anilines is 2. The molecule has 2 aromatic carbocycles. The van der Waals surface area contributed by atoms with Gasteiger partial charge in [0.25, 0.3) is 0 Å². The summed E-state index contributed by atoms with van der Waals surface area (Å²) in [6.07, 6.45) is 0. The van der Waals surface area contributed by atoms with Crippen LogP contribution in [-0.2, 0) is 14.6 Å². The SMILES string of the molecule is COc1ccc(Cl)cc1NC(=O)CN(C1=N[C@@H]2CS(=O)(=O)C[C@@H]2S1)c1cccc(C)c1. The summed E-state index contributed by atoms with van der Waals surface area (Å²) < 4.78 is 29.1. The molecule has 1 saturated heterocycles. The molecule has 1 amide bonds. The fourth-order valence-corrected chi connectivity index (χ4v) is 7.60. The molecule has 0 unspecified atom stereocenters. The zero-order valence-electron chi connectivity index (χ0n) is 17.0. The number of halogens is 1. The average Bonchev–Trinajstić information content (AvgIpc) is 3.19. The van der Waals surface area contributed by atoms with E-state index in [0.717, 1.165) is 11.3 Å². The summed E-state index contributed by atoms with van der Waals surface area (Å²) >= 11 is 7.49. The number of ether oxygens (including phenoxy) is 1. The minimum absolute atomic E-state index is 0.0111. The Bertz CT molecular complexity index is 1150. The maximum Gasteiger partial charge on any atom is 0.244 e. The topological polar surface area (TPSA) is 88.1 Å². The molecule has 0 saturated carbocycles. The summed E-state index contributed by atoms with van der Waals surface area (Å²) in [5.41, 5.74) is 2.35. The van der Waals surface area contributed by atoms with E-state index in [4.69, 9.17) is 16.3 Å². The van der Waals surface area contributed by atoms with Crippen LogP contribution in [0.25, 0.3) is 0 Å². The number of carbonyl (C=O) groups is 1. The molecule has 1 N–H and O–H groups in total. The van der Waals surface area contributed by atoms with Crippen molar-refractivity contribution in [3.8, 4) is 5.75 Å². The van der Waals surface area contributed by atoms with Gasteiger partial charge in [0.15, 0.2) is 15.0 Å². The lowest BCUT2D eigenvalue weighted by Gasteiger charge is -2.24. The Kier molecular flexibility index (Phi) is 6.18. The number of amidine groups is 1. The zero-order valence-corrected chi connectivity index (χ0v) is 19.4. The first-order chi connectivity index (χ1) is 14.7. The van der Waals surface area contributed by atoms with E-state index in [0.29, 0.717) is 21.6 Å². The van der Waals surface area contributed by atoms with Crippen LogP contribution in [0, 0.1) is 6.92 Å². The van der Waals surface area contributed by atoms with Crippen molar-refractivity contribution in [3.63, 3.8) is 0 Å². The van der Waals surface area contributed by atoms with Crippen molar-refractivity contribution >= 4 is 55.6 Å². The number of carbonyl (C=O) groups excluding carboxylic acids is 1. The molecular weight excluding hydrogens is 458 g/mol. The summed E-state index contributed by atoms with van der Waals surface area (Å²) in [4.78, 5) is 19.4. The first-order valence-corrected chi connectivity index (χ1v) is 12.7. The number of sulfone groups is 1. The van der Waals surface area contributed by atoms with Crippen LogP contribution < -0.4 is 15.0 Å². The first-order valence-electron chi connectivity index (χ1n) is 9.66. The number of nitrogens with zero attached hydrogens (tertiary/aromatic N) is 2. The van der Waals surface area contributed by atoms with Crippen molar-refractivity contribution in [1.29, 1.82) is 0 Å². The molecular formula is C21H22ClN3O4S2. The number of fused-ring (bicyclic) bond motifs is 1. The van der Waals surface area contributed by atoms with E-state index in [9.17, 15) is 13.2 Å². The predicted molar refractivity (Wildman–Crippen MR) is 126 cm³/mol. The molecule has 1 fully saturated rings. The third kappa shape index (κ3) is 4.99. The van der Waals surface area contributed by atoms with E-state index in [1.54, 1.807) is 18.2 Å². The van der Waals surface area contributed by atoms with Gasteiger partial charge < -0.3 is 15.0 Å². The van der Waals surface area contributed by atoms with E-state index in [1.807, 2.05) is 36.1 Å². The van der Waals surface area contributed by atoms with Crippen molar-refractivity contribution < 1.29 is 17.9 Å². The van der Waals surface area contributed by atoms with E-state index in [-0.39, 0.29) is 35.2 Å². The van der Waals surface area contributed by atoms with Crippen molar-refractivity contribution in [2.24, 2.45) is 4.99 Å². The Balaban J connectivity index is 1.59. The molecule has 2 aromatic rings. The van der Waals surface area contributed by atoms with Gasteiger partial charge in [-0.05, 0) is 42.8 Å². The summed E-state index contributed by atoms with van der Waals surface area (Å²) in [6, 6.07) is 12.5. The highest BCUT2D eigenvalue weighted by atomic mass is 35.5. The fraction of sp³-hybridized carbons (Fsp3) is 0.333. The largest absolute Gasteiger partial charge is 0.495 e. The molecule has 31 heavy (non-hydrogen) atoms. The smallest absolute Gasteiger partial charge is 0.244 e. The van der Waals surface area contributed by atoms with Gasteiger partial charge in [-0.1, -0.05) is 35.5 Å². The Morgan fingerprint density at radius 1 is 1.29 bits per heavy atom. The van der Waals surface area contributed by atoms with Gasteiger partial charge >= 0.3 is 0 Å². The van der Waals surface area contributed by atoms with Crippen LogP contribution in [-0.4, -0.2) is 55.9 Å². The van der Waals surface area contributed by atoms with Gasteiger partial charge in [0.2, 0.25) is 5.91 Å². The first kappa shape index (κ1) is 22.0. The second-order valence-electron chi connectivity index (χ2n) is 7.53. The minimum Gasteiger partial charge on any atom is -0.495 e. The number of rotatable bonds is 5. The maximum absolute atomic E-state index is 13.0. The van der Waals surface area contributed by atoms with E-state index >= 15 is 0 Å². The van der Waals surface area contributed by atoms with Gasteiger partial charge in [0.05, 0.1) is 30.3 Å². The predicted octanol–water partition coefficient (Wildman–Crippen LogP) is 3.37. The van der Waals surface area contributed by atoms with Crippen LogP contribution in [0.5, 0.6) is 5.75 Å². The van der Waals surface area contributed by atoms with Crippen LogP contribution in [0.4, 0.5) is 11.4 Å². The van der Waals surface area contributed by atoms with E-state index in [2.05, 4.69) is 10.3 Å². The van der Waals surface area contributed by atoms with Gasteiger partial charge in [-0.25, -0.2) is 8.42 Å². The molecule has 2 aliphatic rings. The Morgan fingerprint density at radius 3 is 2.81 bits per heavy atom. The zero-order chi connectivity index (χ0) is 22.2. The van der Waals surface area contributed by atoms with Crippen molar-refractivity contribution in [1.82, 2.24) is 0 Å². The highest BCUT2D eigenvalue weighted by molar-refractivity contribution is 8.15. The van der Waals surface area contributed by atoms with E-state index < -0.39 is 9.84 Å². The minimum atomic E-state index is -3.05. The fourth-order valence-electron chi connectivity index (χ4n) is 3.65. The molecule has 0 bridgehead atoms. The van der Waals surface area contributed by atoms with Crippen LogP contribution in [0.3, 0.4) is 0 Å². The Morgan fingerprint density at radius 2 is 2.10 bits per heavy atom. The van der Waals surface area contributed by atoms with Crippen LogP contribution in [0.2, 0.25) is 5.02 Å². The molecule has 7 nitrogen and oxygen atoms in total. The standard InChI is InChI=1S/C21H22ClN3O4S2/c1-13-4-3-5-15(8-13)25(21-24-17-11-31(27,28)12-19(17)30-21)10-20(26)23-16-9-14(22)6-7-18(16)29-2/h3-9,17,19H,10-12H2,1-2H3,(H,23,26)/t17-,19+/m1/s1. The number of amides is 1. The summed E-state index contributed by atoms with van der Waals surface area (Å²) in [5, 5.41) is 3.88. The molecule has 4 rings (SSSR count). The molecule has 10 heteroatoms. The second-order valence-corrected chi connectivity index (χ2v) is 11.3. The van der Waals surface area contributed by atoms with Gasteiger partial charge in [0.1, 0.15) is 12.3 Å². The lowest BCUT2D eigenvalue weighted by molar-refractivity contribution is -0.114. The molecule has 0 aromatic heterocycles. The number of aliphatic imine (C=N–C) groups is 1. The number of nitrogens with one attached hydrogen (secondary N) is 1. The number of thioether (sulfide) groups is 1. The molecule has 2 atom stereocenters. The lowest BCUT2D eigenvalue weighted by atomic mass is 10.2. The number of hydrogen-bond donors (Lipinski definition) is 1. The second kappa shape index (κ2) is 8.72. The number of aryl methyl sites for hydroxylation is 1. The number of hydrogen-bond acceptors (Lipinski definition) is 7. The van der Waals surface area contributed by atoms with Gasteiger partial charge in [-0.15, -0.1) is 0 Å². The van der Waals surface area contributed by atoms with Crippen LogP contribution in [0.15, 0.2) is 47.5 Å². The molecule has 2 heterocycles. The third-order valence-corrected chi connectivity index (χ3v) is 8.57. The number of benzene rings is 2. The molecule has 0 radical (unpaired) electrons. The molecule has 0 spiro atoms. The van der Waals surface area contributed by atoms with Crippen LogP contribution >= 0.6 is 23.4 Å². The third-order valence-electron chi connectivity index (χ3n) is 5.09. The van der Waals surface area contributed by atoms with Gasteiger partial charge in [-0.3, -0.25) is 9.79 Å². The summed E-state index contributed by atoms with van der Waals surface area (Å²) in [5.74, 6) is 0.409. The summed E-state index contributed by atoms with van der Waals surface area (Å²) in [7, 11) is -1.53. The maximum atomic E-state index is 13.0. The average molecular weight is 480 g/mol. The highest BCUT2D eigenvalue weighted by Gasteiger charge is 2.44. The number of methoxy groups -OCH3 is 1. The lowest BCUT2D eigenvalue weighted by Crippen LogP contribution is -2.36. The molecule has 2 aliphatic heterocycles. The normalized spacial score (nSPS) is 21.3. The van der Waals surface area contributed by atoms with Crippen LogP contribution in [0.1, 0.15) is 5.56 Å². The molecule has 0 aliphatic carbocycles. The van der Waals surface area contributed by atoms with Crippen molar-refractivity contribution in [3.05, 3.63) is 53.1 Å². The van der Waals surface area contributed by atoms with Gasteiger partial charge in [-0.2, -0.15) is 0 Å². The highest BCUT2D eigenvalue weighted by Crippen LogP contribution is 2.37. The Hall–Kier alpha value is -2.23. The van der Waals surface area contributed by atoms with E-state index in [1.165, 1.54) is 18.9 Å². The van der Waals surface area contributed by atoms with Gasteiger partial charge in [0, 0.05) is 16.0 Å². The summed E-state index contributed by atoms with van der Waals surface area (Å²) in [6.45, 7) is 1.99. The van der Waals surface area contributed by atoms with Crippen molar-refractivity contribution in [2.75, 3.05) is 35.4 Å². The molecule has 164 valence electrons. The monoisotopic (exact) mass is 479 g/mol. The Labute approximate surface area is 190 Å². The van der Waals surface area contributed by atoms with Crippen molar-refractivity contribution in [2.45, 2.75) is 18.2 Å².